The van der Waals surface area contributed by atoms with Crippen molar-refractivity contribution in [1.29, 1.82) is 0 Å². The maximum Gasteiger partial charge on any atom is 0.329 e. The van der Waals surface area contributed by atoms with Gasteiger partial charge in [0, 0.05) is 19.3 Å². The van der Waals surface area contributed by atoms with Crippen LogP contribution in [-0.2, 0) is 13.6 Å². The molecule has 0 fully saturated rings. The Labute approximate surface area is 126 Å². The minimum atomic E-state index is -0.443. The number of hydrogen-bond donors (Lipinski definition) is 1. The van der Waals surface area contributed by atoms with Gasteiger partial charge in [0.1, 0.15) is 0 Å². The van der Waals surface area contributed by atoms with E-state index in [2.05, 4.69) is 30.4 Å². The fraction of sp³-hybridized carbons (Fsp3) is 0.500. The van der Waals surface area contributed by atoms with Gasteiger partial charge in [0.15, 0.2) is 16.3 Å². The van der Waals surface area contributed by atoms with Gasteiger partial charge in [0.2, 0.25) is 0 Å². The third-order valence-corrected chi connectivity index (χ3v) is 4.20. The van der Waals surface area contributed by atoms with Gasteiger partial charge in [0.05, 0.1) is 0 Å². The summed E-state index contributed by atoms with van der Waals surface area (Å²) >= 11 is 1.51. The smallest absolute Gasteiger partial charge is 0.313 e. The predicted molar refractivity (Wildman–Crippen MR) is 86.0 cm³/mol. The van der Waals surface area contributed by atoms with Crippen molar-refractivity contribution in [2.45, 2.75) is 32.0 Å². The lowest BCUT2D eigenvalue weighted by atomic mass is 10.1. The SMILES string of the molecule is C=CCSc1nc2c(c(=O)[nH]c(=O)n2C)n1CCC(C)C. The first-order chi connectivity index (χ1) is 9.95. The van der Waals surface area contributed by atoms with E-state index in [-0.39, 0.29) is 5.56 Å². The summed E-state index contributed by atoms with van der Waals surface area (Å²) in [5, 5.41) is 0.747. The van der Waals surface area contributed by atoms with Gasteiger partial charge in [0.25, 0.3) is 5.56 Å². The van der Waals surface area contributed by atoms with Gasteiger partial charge in [-0.2, -0.15) is 0 Å². The molecule has 0 bridgehead atoms. The van der Waals surface area contributed by atoms with Crippen LogP contribution in [0.1, 0.15) is 20.3 Å². The van der Waals surface area contributed by atoms with E-state index in [1.807, 2.05) is 4.57 Å². The van der Waals surface area contributed by atoms with E-state index in [0.29, 0.717) is 29.4 Å². The number of thioether (sulfide) groups is 1. The number of nitrogens with one attached hydrogen (secondary N) is 1. The number of nitrogens with zero attached hydrogens (tertiary/aromatic N) is 3. The number of hydrogen-bond acceptors (Lipinski definition) is 4. The lowest BCUT2D eigenvalue weighted by Gasteiger charge is -2.09. The van der Waals surface area contributed by atoms with Crippen molar-refractivity contribution in [3.8, 4) is 0 Å². The summed E-state index contributed by atoms with van der Waals surface area (Å²) < 4.78 is 3.28. The molecule has 0 aliphatic heterocycles. The fourth-order valence-electron chi connectivity index (χ4n) is 2.05. The average molecular weight is 308 g/mol. The molecular weight excluding hydrogens is 288 g/mol. The van der Waals surface area contributed by atoms with E-state index in [1.165, 1.54) is 16.3 Å². The number of aromatic amines is 1. The minimum absolute atomic E-state index is 0.380. The highest BCUT2D eigenvalue weighted by Crippen LogP contribution is 2.22. The Kier molecular flexibility index (Phi) is 4.72. The summed E-state index contributed by atoms with van der Waals surface area (Å²) in [6.07, 6.45) is 2.73. The molecule has 21 heavy (non-hydrogen) atoms. The van der Waals surface area contributed by atoms with Crippen LogP contribution in [0.3, 0.4) is 0 Å². The van der Waals surface area contributed by atoms with Gasteiger partial charge in [-0.15, -0.1) is 6.58 Å². The van der Waals surface area contributed by atoms with Crippen LogP contribution in [0.5, 0.6) is 0 Å². The lowest BCUT2D eigenvalue weighted by Crippen LogP contribution is -2.29. The second-order valence-corrected chi connectivity index (χ2v) is 6.31. The van der Waals surface area contributed by atoms with Crippen molar-refractivity contribution in [1.82, 2.24) is 19.1 Å². The third kappa shape index (κ3) is 3.12. The molecule has 2 rings (SSSR count). The highest BCUT2D eigenvalue weighted by molar-refractivity contribution is 7.99. The molecule has 6 nitrogen and oxygen atoms in total. The maximum atomic E-state index is 12.1. The van der Waals surface area contributed by atoms with Crippen LogP contribution in [0.4, 0.5) is 0 Å². The summed E-state index contributed by atoms with van der Waals surface area (Å²) in [7, 11) is 1.61. The van der Waals surface area contributed by atoms with Crippen LogP contribution in [0.25, 0.3) is 11.2 Å². The molecule has 0 saturated heterocycles. The van der Waals surface area contributed by atoms with Gasteiger partial charge in [-0.05, 0) is 12.3 Å². The Balaban J connectivity index is 2.64. The second kappa shape index (κ2) is 6.34. The molecule has 0 spiro atoms. The van der Waals surface area contributed by atoms with Crippen LogP contribution >= 0.6 is 11.8 Å². The first-order valence-corrected chi connectivity index (χ1v) is 7.87. The summed E-state index contributed by atoms with van der Waals surface area (Å²) in [6.45, 7) is 8.67. The van der Waals surface area contributed by atoms with Gasteiger partial charge in [-0.25, -0.2) is 9.78 Å². The molecular formula is C14H20N4O2S. The zero-order valence-corrected chi connectivity index (χ0v) is 13.4. The van der Waals surface area contributed by atoms with Crippen molar-refractivity contribution in [2.75, 3.05) is 5.75 Å². The number of imidazole rings is 1. The zero-order chi connectivity index (χ0) is 15.6. The third-order valence-electron chi connectivity index (χ3n) is 3.23. The van der Waals surface area contributed by atoms with Crippen molar-refractivity contribution in [3.05, 3.63) is 33.5 Å². The lowest BCUT2D eigenvalue weighted by molar-refractivity contribution is 0.503. The quantitative estimate of drug-likeness (QED) is 0.652. The fourth-order valence-corrected chi connectivity index (χ4v) is 2.81. The van der Waals surface area contributed by atoms with E-state index in [4.69, 9.17) is 0 Å². The number of aromatic nitrogens is 4. The number of aryl methyl sites for hydroxylation is 2. The summed E-state index contributed by atoms with van der Waals surface area (Å²) in [6, 6.07) is 0. The van der Waals surface area contributed by atoms with Crippen molar-refractivity contribution < 1.29 is 0 Å². The molecule has 0 amide bonds. The maximum absolute atomic E-state index is 12.1. The second-order valence-electron chi connectivity index (χ2n) is 5.32. The zero-order valence-electron chi connectivity index (χ0n) is 12.5. The Bertz CT molecular complexity index is 770. The minimum Gasteiger partial charge on any atom is -0.313 e. The van der Waals surface area contributed by atoms with E-state index >= 15 is 0 Å². The molecule has 2 aromatic rings. The monoisotopic (exact) mass is 308 g/mol. The molecule has 1 N–H and O–H groups in total. The largest absolute Gasteiger partial charge is 0.329 e. The van der Waals surface area contributed by atoms with Crippen LogP contribution in [-0.4, -0.2) is 24.9 Å². The van der Waals surface area contributed by atoms with E-state index in [0.717, 1.165) is 11.6 Å². The highest BCUT2D eigenvalue weighted by Gasteiger charge is 2.17. The first kappa shape index (κ1) is 15.6. The topological polar surface area (TPSA) is 72.7 Å². The Morgan fingerprint density at radius 2 is 2.14 bits per heavy atom. The van der Waals surface area contributed by atoms with Crippen LogP contribution < -0.4 is 11.2 Å². The summed E-state index contributed by atoms with van der Waals surface area (Å²) in [4.78, 5) is 30.6. The normalized spacial score (nSPS) is 11.4. The van der Waals surface area contributed by atoms with E-state index in [1.54, 1.807) is 13.1 Å². The van der Waals surface area contributed by atoms with Gasteiger partial charge < -0.3 is 4.57 Å². The molecule has 0 aromatic carbocycles. The molecule has 7 heteroatoms. The molecule has 2 heterocycles. The summed E-state index contributed by atoms with van der Waals surface area (Å²) in [5.74, 6) is 1.22. The summed E-state index contributed by atoms with van der Waals surface area (Å²) in [5.41, 5.74) is 0.0690. The van der Waals surface area contributed by atoms with Crippen LogP contribution in [0.2, 0.25) is 0 Å². The predicted octanol–water partition coefficient (Wildman–Crippen LogP) is 1.75. The molecule has 0 radical (unpaired) electrons. The van der Waals surface area contributed by atoms with Crippen LogP contribution in [0.15, 0.2) is 27.4 Å². The first-order valence-electron chi connectivity index (χ1n) is 6.89. The average Bonchev–Trinajstić information content (AvgIpc) is 2.79. The Hall–Kier alpha value is -1.76. The Morgan fingerprint density at radius 1 is 1.43 bits per heavy atom. The molecule has 0 saturated carbocycles. The van der Waals surface area contributed by atoms with Crippen molar-refractivity contribution in [3.63, 3.8) is 0 Å². The van der Waals surface area contributed by atoms with Gasteiger partial charge >= 0.3 is 5.69 Å². The highest BCUT2D eigenvalue weighted by atomic mass is 32.2. The van der Waals surface area contributed by atoms with E-state index < -0.39 is 5.69 Å². The van der Waals surface area contributed by atoms with Crippen molar-refractivity contribution >= 4 is 22.9 Å². The van der Waals surface area contributed by atoms with Gasteiger partial charge in [-0.1, -0.05) is 31.7 Å². The van der Waals surface area contributed by atoms with Crippen LogP contribution in [0, 0.1) is 5.92 Å². The molecule has 0 unspecified atom stereocenters. The van der Waals surface area contributed by atoms with E-state index in [9.17, 15) is 9.59 Å². The van der Waals surface area contributed by atoms with Crippen molar-refractivity contribution in [2.24, 2.45) is 13.0 Å². The molecule has 114 valence electrons. The standard InChI is InChI=1S/C14H20N4O2S/c1-5-8-21-14-15-11-10(18(14)7-6-9(2)3)12(19)16-13(20)17(11)4/h5,9H,1,6-8H2,2-4H3,(H,16,19,20). The number of H-pyrrole nitrogens is 1. The number of rotatable bonds is 6. The molecule has 2 aromatic heterocycles. The van der Waals surface area contributed by atoms with Gasteiger partial charge in [-0.3, -0.25) is 14.3 Å². The molecule has 0 atom stereocenters. The Morgan fingerprint density at radius 3 is 2.76 bits per heavy atom. The molecule has 0 aliphatic carbocycles. The molecule has 0 aliphatic rings. The number of fused-ring (bicyclic) bond motifs is 1.